The molecule has 4 nitrogen and oxygen atoms in total. The van der Waals surface area contributed by atoms with Gasteiger partial charge in [-0.3, -0.25) is 9.69 Å². The van der Waals surface area contributed by atoms with Crippen molar-refractivity contribution in [2.75, 3.05) is 19.6 Å². The Morgan fingerprint density at radius 1 is 1.22 bits per heavy atom. The smallest absolute Gasteiger partial charge is 0.237 e. The number of nitrogens with zero attached hydrogens (tertiary/aromatic N) is 1. The first-order valence-corrected chi connectivity index (χ1v) is 6.75. The van der Waals surface area contributed by atoms with Gasteiger partial charge in [0.25, 0.3) is 0 Å². The summed E-state index contributed by atoms with van der Waals surface area (Å²) in [6.45, 7) is 13.1. The Hall–Kier alpha value is -0.320. The molecule has 18 heavy (non-hydrogen) atoms. The maximum Gasteiger partial charge on any atom is 0.237 e. The van der Waals surface area contributed by atoms with Crippen LogP contribution in [0.2, 0.25) is 0 Å². The highest BCUT2D eigenvalue weighted by molar-refractivity contribution is 5.85. The average molecular weight is 280 g/mol. The molecule has 0 aromatic rings. The molecule has 3 atom stereocenters. The molecular weight excluding hydrogens is 250 g/mol. The van der Waals surface area contributed by atoms with Crippen molar-refractivity contribution in [1.29, 1.82) is 0 Å². The zero-order chi connectivity index (χ0) is 13.4. The van der Waals surface area contributed by atoms with Crippen LogP contribution < -0.4 is 11.1 Å². The predicted molar refractivity (Wildman–Crippen MR) is 80.1 cm³/mol. The van der Waals surface area contributed by atoms with E-state index in [-0.39, 0.29) is 30.3 Å². The molecule has 0 rings (SSSR count). The minimum Gasteiger partial charge on any atom is -0.353 e. The molecule has 0 spiro atoms. The lowest BCUT2D eigenvalue weighted by Crippen LogP contribution is -2.49. The second-order valence-electron chi connectivity index (χ2n) is 4.73. The van der Waals surface area contributed by atoms with Gasteiger partial charge in [0.05, 0.1) is 6.04 Å². The molecule has 0 aliphatic heterocycles. The normalized spacial score (nSPS) is 15.7. The lowest BCUT2D eigenvalue weighted by atomic mass is 9.99. The van der Waals surface area contributed by atoms with Gasteiger partial charge in [-0.25, -0.2) is 0 Å². The van der Waals surface area contributed by atoms with Crippen LogP contribution in [0.4, 0.5) is 0 Å². The quantitative estimate of drug-likeness (QED) is 0.710. The van der Waals surface area contributed by atoms with Gasteiger partial charge in [0.2, 0.25) is 5.91 Å². The molecule has 1 amide bonds. The van der Waals surface area contributed by atoms with Crippen LogP contribution in [-0.4, -0.2) is 42.5 Å². The molecule has 0 aromatic carbocycles. The molecule has 3 N–H and O–H groups in total. The van der Waals surface area contributed by atoms with Crippen molar-refractivity contribution in [3.8, 4) is 0 Å². The second kappa shape index (κ2) is 10.6. The van der Waals surface area contributed by atoms with E-state index in [1.165, 1.54) is 0 Å². The Morgan fingerprint density at radius 2 is 1.72 bits per heavy atom. The van der Waals surface area contributed by atoms with Crippen molar-refractivity contribution < 1.29 is 4.79 Å². The largest absolute Gasteiger partial charge is 0.353 e. The van der Waals surface area contributed by atoms with Crippen LogP contribution in [0, 0.1) is 5.92 Å². The van der Waals surface area contributed by atoms with Crippen molar-refractivity contribution in [2.45, 2.75) is 53.1 Å². The number of hydrogen-bond donors (Lipinski definition) is 2. The van der Waals surface area contributed by atoms with Gasteiger partial charge >= 0.3 is 0 Å². The molecule has 0 saturated carbocycles. The zero-order valence-corrected chi connectivity index (χ0v) is 13.2. The fourth-order valence-corrected chi connectivity index (χ4v) is 1.85. The maximum atomic E-state index is 11.8. The topological polar surface area (TPSA) is 58.4 Å². The van der Waals surface area contributed by atoms with Crippen LogP contribution in [0.3, 0.4) is 0 Å². The molecule has 0 fully saturated rings. The summed E-state index contributed by atoms with van der Waals surface area (Å²) in [5, 5.41) is 2.94. The summed E-state index contributed by atoms with van der Waals surface area (Å²) in [6.07, 6.45) is 0.931. The molecule has 0 aromatic heterocycles. The zero-order valence-electron chi connectivity index (χ0n) is 12.4. The van der Waals surface area contributed by atoms with Gasteiger partial charge in [-0.15, -0.1) is 12.4 Å². The van der Waals surface area contributed by atoms with Gasteiger partial charge in [-0.1, -0.05) is 34.1 Å². The molecule has 3 unspecified atom stereocenters. The number of carbonyl (C=O) groups is 1. The fraction of sp³-hybridized carbons (Fsp3) is 0.923. The third kappa shape index (κ3) is 6.57. The number of likely N-dealkylation sites (N-methyl/N-ethyl adjacent to an activating group) is 1. The van der Waals surface area contributed by atoms with Gasteiger partial charge < -0.3 is 11.1 Å². The standard InChI is InChI=1S/C13H29N3O.ClH/c1-6-10(4)12(14)13(17)15-9-11(5)16(7-2)8-3;/h10-12H,6-9,14H2,1-5H3,(H,15,17);1H. The summed E-state index contributed by atoms with van der Waals surface area (Å²) in [7, 11) is 0. The third-order valence-corrected chi connectivity index (χ3v) is 3.57. The van der Waals surface area contributed by atoms with Crippen molar-refractivity contribution in [1.82, 2.24) is 10.2 Å². The molecule has 0 heterocycles. The summed E-state index contributed by atoms with van der Waals surface area (Å²) in [5.41, 5.74) is 5.87. The highest BCUT2D eigenvalue weighted by Crippen LogP contribution is 2.05. The third-order valence-electron chi connectivity index (χ3n) is 3.57. The maximum absolute atomic E-state index is 11.8. The number of nitrogens with two attached hydrogens (primary N) is 1. The van der Waals surface area contributed by atoms with Crippen LogP contribution >= 0.6 is 12.4 Å². The molecule has 0 aliphatic carbocycles. The second-order valence-corrected chi connectivity index (χ2v) is 4.73. The van der Waals surface area contributed by atoms with Gasteiger partial charge in [-0.2, -0.15) is 0 Å². The summed E-state index contributed by atoms with van der Waals surface area (Å²) in [6, 6.07) is -0.0259. The van der Waals surface area contributed by atoms with E-state index < -0.39 is 0 Å². The van der Waals surface area contributed by atoms with Crippen LogP contribution in [-0.2, 0) is 4.79 Å². The van der Waals surface area contributed by atoms with Crippen LogP contribution in [0.15, 0.2) is 0 Å². The molecule has 5 heteroatoms. The number of amides is 1. The minimum atomic E-state index is -0.385. The Balaban J connectivity index is 0. The number of rotatable bonds is 8. The predicted octanol–water partition coefficient (Wildman–Crippen LogP) is 1.63. The van der Waals surface area contributed by atoms with Crippen LogP contribution in [0.1, 0.15) is 41.0 Å². The van der Waals surface area contributed by atoms with Crippen molar-refractivity contribution in [2.24, 2.45) is 11.7 Å². The summed E-state index contributed by atoms with van der Waals surface area (Å²) in [5.74, 6) is 0.206. The Bertz CT molecular complexity index is 222. The molecular formula is C13H30ClN3O. The Kier molecular flexibility index (Phi) is 11.8. The van der Waals surface area contributed by atoms with E-state index >= 15 is 0 Å². The number of hydrogen-bond acceptors (Lipinski definition) is 3. The fourth-order valence-electron chi connectivity index (χ4n) is 1.85. The molecule has 0 saturated heterocycles. The summed E-state index contributed by atoms with van der Waals surface area (Å²) in [4.78, 5) is 14.1. The molecule has 0 bridgehead atoms. The van der Waals surface area contributed by atoms with Gasteiger partial charge in [0, 0.05) is 12.6 Å². The van der Waals surface area contributed by atoms with Gasteiger partial charge in [0.1, 0.15) is 0 Å². The number of halogens is 1. The first-order chi connectivity index (χ1) is 7.97. The molecule has 0 radical (unpaired) electrons. The SMILES string of the molecule is CCC(C)C(N)C(=O)NCC(C)N(CC)CC.Cl. The molecule has 110 valence electrons. The van der Waals surface area contributed by atoms with Gasteiger partial charge in [0.15, 0.2) is 0 Å². The molecule has 0 aliphatic rings. The number of carbonyl (C=O) groups excluding carboxylic acids is 1. The van der Waals surface area contributed by atoms with Gasteiger partial charge in [-0.05, 0) is 25.9 Å². The van der Waals surface area contributed by atoms with E-state index in [1.807, 2.05) is 6.92 Å². The Morgan fingerprint density at radius 3 is 2.11 bits per heavy atom. The minimum absolute atomic E-state index is 0. The highest BCUT2D eigenvalue weighted by atomic mass is 35.5. The first kappa shape index (κ1) is 20.0. The number of nitrogens with one attached hydrogen (secondary N) is 1. The van der Waals surface area contributed by atoms with Crippen molar-refractivity contribution in [3.63, 3.8) is 0 Å². The van der Waals surface area contributed by atoms with E-state index in [0.29, 0.717) is 12.6 Å². The summed E-state index contributed by atoms with van der Waals surface area (Å²) < 4.78 is 0. The van der Waals surface area contributed by atoms with E-state index in [4.69, 9.17) is 5.73 Å². The van der Waals surface area contributed by atoms with Crippen molar-refractivity contribution in [3.05, 3.63) is 0 Å². The first-order valence-electron chi connectivity index (χ1n) is 6.75. The van der Waals surface area contributed by atoms with E-state index in [2.05, 4.69) is 37.9 Å². The van der Waals surface area contributed by atoms with Crippen molar-refractivity contribution >= 4 is 18.3 Å². The highest BCUT2D eigenvalue weighted by Gasteiger charge is 2.20. The van der Waals surface area contributed by atoms with Crippen LogP contribution in [0.5, 0.6) is 0 Å². The van der Waals surface area contributed by atoms with Crippen LogP contribution in [0.25, 0.3) is 0 Å². The lowest BCUT2D eigenvalue weighted by Gasteiger charge is -2.27. The lowest BCUT2D eigenvalue weighted by molar-refractivity contribution is -0.123. The Labute approximate surface area is 118 Å². The van der Waals surface area contributed by atoms with E-state index in [9.17, 15) is 4.79 Å². The monoisotopic (exact) mass is 279 g/mol. The average Bonchev–Trinajstić information content (AvgIpc) is 2.35. The summed E-state index contributed by atoms with van der Waals surface area (Å²) >= 11 is 0. The van der Waals surface area contributed by atoms with E-state index in [0.717, 1.165) is 19.5 Å². The van der Waals surface area contributed by atoms with E-state index in [1.54, 1.807) is 0 Å².